The molecule has 4 aliphatic heterocycles. The van der Waals surface area contributed by atoms with Crippen molar-refractivity contribution in [2.75, 3.05) is 38.5 Å². The number of likely N-dealkylation sites (tertiary alicyclic amines) is 1. The van der Waals surface area contributed by atoms with E-state index in [1.54, 1.807) is 42.0 Å². The molecule has 7 N–H and O–H groups in total. The maximum atomic E-state index is 14.2. The zero-order valence-corrected chi connectivity index (χ0v) is 49.4. The molecule has 2 unspecified atom stereocenters. The molecule has 4 saturated heterocycles. The van der Waals surface area contributed by atoms with Crippen molar-refractivity contribution in [3.05, 3.63) is 94.1 Å². The number of nitrogens with zero attached hydrogens (tertiary/aromatic N) is 1. The maximum Gasteiger partial charge on any atom is 0.315 e. The van der Waals surface area contributed by atoms with E-state index in [9.17, 15) is 33.9 Å². The van der Waals surface area contributed by atoms with E-state index in [1.165, 1.54) is 11.1 Å². The number of amides is 6. The van der Waals surface area contributed by atoms with Crippen LogP contribution in [-0.2, 0) is 19.1 Å². The Morgan fingerprint density at radius 2 is 1.54 bits per heavy atom. The molecular formula is C65H91N7O8S. The number of urea groups is 1. The van der Waals surface area contributed by atoms with E-state index in [0.717, 1.165) is 102 Å². The monoisotopic (exact) mass is 1130 g/mol. The molecule has 15 nitrogen and oxygen atoms in total. The maximum absolute atomic E-state index is 14.2. The number of hydrogen-bond donors (Lipinski definition) is 7. The van der Waals surface area contributed by atoms with Crippen LogP contribution in [0.2, 0.25) is 0 Å². The summed E-state index contributed by atoms with van der Waals surface area (Å²) in [4.78, 5) is 80.7. The van der Waals surface area contributed by atoms with Crippen molar-refractivity contribution in [2.45, 2.75) is 197 Å². The standard InChI is InChI=1S/C65H91N7O8S/c1-40-35-54-59(42(3)65(80-54)30-28-48-49-26-25-46-36-47(73)27-29-64(46,4)51(49)37-50(48)41(65)2)72(38-40)34-33-68-62(78)52(69-61(77)45-23-21-44(22-24-45)60(76)43-15-7-5-8-16-43)17-12-14-32-67-56(74)19-9-6-13-31-66-57(75)20-11-10-18-55-58-53(39-81-55)70-63(79)71-58/h5,7-8,15-16,21-25,40,42,47-49,51-55,58-59,73H,6,9-14,17-20,26-39H2,1-4H3,(H,66,75)(H,67,74)(H,68,78)(H,69,77)(H2,70,71,79)/t40-,42+,47-,48-,49-,51-,52?,53-,54+,55-,58-,59-,64-,65?/m0/s1. The normalized spacial score (nSPS) is 32.3. The highest BCUT2D eigenvalue weighted by Crippen LogP contribution is 2.65. The molecule has 16 heteroatoms. The largest absolute Gasteiger partial charge is 0.393 e. The number of benzene rings is 2. The van der Waals surface area contributed by atoms with Crippen molar-refractivity contribution in [1.29, 1.82) is 0 Å². The van der Waals surface area contributed by atoms with Gasteiger partial charge in [0.25, 0.3) is 5.91 Å². The number of unbranched alkanes of at least 4 members (excludes halogenated alkanes) is 4. The highest BCUT2D eigenvalue weighted by molar-refractivity contribution is 8.00. The number of hydrogen-bond acceptors (Lipinski definition) is 10. The van der Waals surface area contributed by atoms with Crippen molar-refractivity contribution in [1.82, 2.24) is 36.8 Å². The molecule has 0 radical (unpaired) electrons. The Balaban J connectivity index is 0.685. The molecule has 6 fully saturated rings. The zero-order chi connectivity index (χ0) is 56.8. The third kappa shape index (κ3) is 13.2. The van der Waals surface area contributed by atoms with Crippen LogP contribution in [-0.4, -0.2) is 131 Å². The van der Waals surface area contributed by atoms with Gasteiger partial charge in [0.1, 0.15) is 6.04 Å². The molecule has 81 heavy (non-hydrogen) atoms. The Morgan fingerprint density at radius 1 is 0.827 bits per heavy atom. The van der Waals surface area contributed by atoms with E-state index in [-0.39, 0.29) is 76.8 Å². The Hall–Kier alpha value is -5.03. The Labute approximate surface area is 484 Å². The van der Waals surface area contributed by atoms with Gasteiger partial charge in [0.15, 0.2) is 5.78 Å². The first-order chi connectivity index (χ1) is 39.1. The van der Waals surface area contributed by atoms with Gasteiger partial charge in [-0.15, -0.1) is 0 Å². The summed E-state index contributed by atoms with van der Waals surface area (Å²) in [7, 11) is 0. The number of carbonyl (C=O) groups is 6. The lowest BCUT2D eigenvalue weighted by molar-refractivity contribution is -0.123. The van der Waals surface area contributed by atoms with Crippen molar-refractivity contribution in [3.63, 3.8) is 0 Å². The molecule has 0 aromatic heterocycles. The Morgan fingerprint density at radius 3 is 2.31 bits per heavy atom. The van der Waals surface area contributed by atoms with E-state index in [2.05, 4.69) is 70.6 Å². The number of piperidine rings is 1. The van der Waals surface area contributed by atoms with Crippen molar-refractivity contribution >= 4 is 47.2 Å². The van der Waals surface area contributed by atoms with E-state index in [4.69, 9.17) is 4.74 Å². The van der Waals surface area contributed by atoms with Gasteiger partial charge in [-0.25, -0.2) is 4.79 Å². The number of allylic oxidation sites excluding steroid dienone is 2. The summed E-state index contributed by atoms with van der Waals surface area (Å²) < 4.78 is 7.43. The third-order valence-electron chi connectivity index (χ3n) is 20.6. The minimum absolute atomic E-state index is 0.0274. The minimum Gasteiger partial charge on any atom is -0.393 e. The fraction of sp³-hybridized carbons (Fsp3) is 0.662. The predicted molar refractivity (Wildman–Crippen MR) is 316 cm³/mol. The van der Waals surface area contributed by atoms with E-state index in [1.807, 2.05) is 30.0 Å². The van der Waals surface area contributed by atoms with Crippen molar-refractivity contribution in [2.24, 2.45) is 35.0 Å². The molecule has 2 saturated carbocycles. The highest BCUT2D eigenvalue weighted by Gasteiger charge is 2.61. The third-order valence-corrected chi connectivity index (χ3v) is 22.1. The number of aliphatic hydroxyl groups is 1. The van der Waals surface area contributed by atoms with Crippen LogP contribution in [0.3, 0.4) is 0 Å². The summed E-state index contributed by atoms with van der Waals surface area (Å²) in [5, 5.41) is 29.3. The topological polar surface area (TPSA) is 207 Å². The summed E-state index contributed by atoms with van der Waals surface area (Å²) >= 11 is 1.89. The number of aliphatic hydroxyl groups excluding tert-OH is 1. The van der Waals surface area contributed by atoms with E-state index < -0.39 is 11.9 Å². The Kier molecular flexibility index (Phi) is 19.2. The molecule has 2 aromatic carbocycles. The van der Waals surface area contributed by atoms with Gasteiger partial charge in [0, 0.05) is 85.2 Å². The van der Waals surface area contributed by atoms with E-state index in [0.29, 0.717) is 104 Å². The first kappa shape index (κ1) is 59.1. The summed E-state index contributed by atoms with van der Waals surface area (Å²) in [6.45, 7) is 12.7. The van der Waals surface area contributed by atoms with Crippen LogP contribution in [0.15, 0.2) is 77.4 Å². The second-order valence-corrected chi connectivity index (χ2v) is 26.9. The number of fused-ring (bicyclic) bond motifs is 7. The average molecular weight is 1130 g/mol. The molecule has 440 valence electrons. The van der Waals surface area contributed by atoms with Crippen LogP contribution in [0.5, 0.6) is 0 Å². The predicted octanol–water partition coefficient (Wildman–Crippen LogP) is 8.55. The summed E-state index contributed by atoms with van der Waals surface area (Å²) in [5.41, 5.74) is 5.91. The number of ketones is 1. The number of thioether (sulfide) groups is 1. The zero-order valence-electron chi connectivity index (χ0n) is 48.5. The van der Waals surface area contributed by atoms with Gasteiger partial charge in [-0.2, -0.15) is 11.8 Å². The SMILES string of the molecule is CC1=C2C[C@H]3[C@@H](CC=C4C[C@@H](O)CC[C@@]43C)[C@@H]2CCC12O[C@@H]1C[C@H](C)CN(CCNC(=O)C(CCCCNC(=O)CCCCCNC(=O)CCCC[C@@H]3SC[C@@H]4NC(=O)N[C@@H]43)NC(=O)c3ccc(C(=O)c4ccccc4)cc3)[C@H]1[C@H]2C. The first-order valence-electron chi connectivity index (χ1n) is 31.1. The van der Waals surface area contributed by atoms with Gasteiger partial charge < -0.3 is 41.7 Å². The molecule has 2 aromatic rings. The molecule has 8 aliphatic rings. The van der Waals surface area contributed by atoms with Gasteiger partial charge in [-0.1, -0.05) is 93.3 Å². The summed E-state index contributed by atoms with van der Waals surface area (Å²) in [6, 6.07) is 15.3. The smallest absolute Gasteiger partial charge is 0.315 e. The first-order valence-corrected chi connectivity index (χ1v) is 32.2. The molecular weight excluding hydrogens is 1040 g/mol. The molecule has 0 bridgehead atoms. The fourth-order valence-electron chi connectivity index (χ4n) is 16.2. The molecule has 10 rings (SSSR count). The van der Waals surface area contributed by atoms with Crippen molar-refractivity contribution < 1.29 is 38.6 Å². The van der Waals surface area contributed by atoms with Crippen LogP contribution in [0.4, 0.5) is 4.79 Å². The molecule has 14 atom stereocenters. The fourth-order valence-corrected chi connectivity index (χ4v) is 17.7. The number of ether oxygens (including phenoxy) is 1. The minimum atomic E-state index is -0.810. The van der Waals surface area contributed by atoms with Crippen molar-refractivity contribution in [3.8, 4) is 0 Å². The van der Waals surface area contributed by atoms with Gasteiger partial charge in [0.05, 0.1) is 29.9 Å². The summed E-state index contributed by atoms with van der Waals surface area (Å²) in [5.74, 6) is 2.82. The lowest BCUT2D eigenvalue weighted by atomic mass is 9.56. The molecule has 6 amide bonds. The van der Waals surface area contributed by atoms with Crippen LogP contribution in [0.1, 0.15) is 176 Å². The Bertz CT molecular complexity index is 2670. The quantitative estimate of drug-likeness (QED) is 0.0231. The van der Waals surface area contributed by atoms with Gasteiger partial charge >= 0.3 is 6.03 Å². The molecule has 4 aliphatic carbocycles. The summed E-state index contributed by atoms with van der Waals surface area (Å²) in [6.07, 6.45) is 18.3. The number of rotatable bonds is 24. The van der Waals surface area contributed by atoms with Gasteiger partial charge in [-0.3, -0.25) is 28.9 Å². The number of nitrogens with one attached hydrogen (secondary N) is 6. The molecule has 4 heterocycles. The van der Waals surface area contributed by atoms with Gasteiger partial charge in [-0.05, 0) is 150 Å². The average Bonchev–Trinajstić information content (AvgIpc) is 4.43. The van der Waals surface area contributed by atoms with Crippen LogP contribution in [0.25, 0.3) is 0 Å². The van der Waals surface area contributed by atoms with Crippen LogP contribution < -0.4 is 31.9 Å². The van der Waals surface area contributed by atoms with Crippen LogP contribution >= 0.6 is 11.8 Å². The molecule has 1 spiro atoms. The van der Waals surface area contributed by atoms with Gasteiger partial charge in [0.2, 0.25) is 17.7 Å². The van der Waals surface area contributed by atoms with Crippen LogP contribution in [0, 0.1) is 35.0 Å². The highest BCUT2D eigenvalue weighted by atomic mass is 32.2. The number of carbonyl (C=O) groups excluding carboxylic acids is 6. The second-order valence-electron chi connectivity index (χ2n) is 25.7. The second kappa shape index (κ2) is 26.3. The lowest BCUT2D eigenvalue weighted by Crippen LogP contribution is -2.55. The van der Waals surface area contributed by atoms with E-state index >= 15 is 0 Å². The lowest BCUT2D eigenvalue weighted by Gasteiger charge is -2.49.